The van der Waals surface area contributed by atoms with E-state index in [1.54, 1.807) is 7.11 Å². The number of rotatable bonds is 3. The van der Waals surface area contributed by atoms with Gasteiger partial charge in [-0.05, 0) is 42.7 Å². The van der Waals surface area contributed by atoms with E-state index in [0.717, 1.165) is 44.7 Å². The molecule has 2 nitrogen and oxygen atoms in total. The van der Waals surface area contributed by atoms with E-state index in [9.17, 15) is 4.79 Å². The van der Waals surface area contributed by atoms with Gasteiger partial charge >= 0.3 is 0 Å². The van der Waals surface area contributed by atoms with Crippen LogP contribution in [-0.2, 0) is 0 Å². The summed E-state index contributed by atoms with van der Waals surface area (Å²) in [5.41, 5.74) is 7.91. The van der Waals surface area contributed by atoms with Crippen molar-refractivity contribution in [3.63, 3.8) is 0 Å². The number of carbonyl (C=O) groups excluding carboxylic acids is 1. The van der Waals surface area contributed by atoms with Crippen molar-refractivity contribution in [3.05, 3.63) is 100 Å². The highest BCUT2D eigenvalue weighted by Crippen LogP contribution is 2.42. The van der Waals surface area contributed by atoms with Crippen molar-refractivity contribution in [2.45, 2.75) is 13.8 Å². The predicted molar refractivity (Wildman–Crippen MR) is 106 cm³/mol. The number of hydrogen-bond acceptors (Lipinski definition) is 2. The molecule has 0 aliphatic heterocycles. The fraction of sp³-hybridized carbons (Fsp3) is 0.125. The molecule has 0 fully saturated rings. The molecule has 0 spiro atoms. The maximum Gasteiger partial charge on any atom is 0.194 e. The first-order chi connectivity index (χ1) is 12.6. The molecule has 26 heavy (non-hydrogen) atoms. The molecule has 0 N–H and O–H groups in total. The van der Waals surface area contributed by atoms with Crippen molar-refractivity contribution < 1.29 is 9.53 Å². The summed E-state index contributed by atoms with van der Waals surface area (Å²) < 4.78 is 5.26. The fourth-order valence-corrected chi connectivity index (χ4v) is 3.50. The van der Waals surface area contributed by atoms with Crippen LogP contribution in [0, 0.1) is 13.8 Å². The van der Waals surface area contributed by atoms with Gasteiger partial charge in [0.25, 0.3) is 0 Å². The van der Waals surface area contributed by atoms with Crippen LogP contribution in [0.15, 0.2) is 66.7 Å². The Morgan fingerprint density at radius 2 is 1.23 bits per heavy atom. The van der Waals surface area contributed by atoms with Gasteiger partial charge in [0.1, 0.15) is 5.75 Å². The third-order valence-electron chi connectivity index (χ3n) is 4.89. The number of carbonyl (C=O) groups is 1. The predicted octanol–water partition coefficient (Wildman–Crippen LogP) is 5.47. The number of allylic oxidation sites excluding steroid dienone is 1. The lowest BCUT2D eigenvalue weighted by Gasteiger charge is -2.10. The molecule has 4 rings (SSSR count). The number of fused-ring (bicyclic) bond motifs is 1. The molecule has 2 heteroatoms. The largest absolute Gasteiger partial charge is 0.497 e. The minimum absolute atomic E-state index is 0.0840. The third kappa shape index (κ3) is 2.64. The zero-order valence-electron chi connectivity index (χ0n) is 15.2. The van der Waals surface area contributed by atoms with Gasteiger partial charge in [0.15, 0.2) is 5.78 Å². The average molecular weight is 340 g/mol. The monoisotopic (exact) mass is 340 g/mol. The van der Waals surface area contributed by atoms with Crippen molar-refractivity contribution in [1.82, 2.24) is 0 Å². The maximum atomic E-state index is 13.2. The van der Waals surface area contributed by atoms with E-state index in [-0.39, 0.29) is 5.78 Å². The van der Waals surface area contributed by atoms with E-state index in [1.807, 2.05) is 36.4 Å². The molecule has 0 bridgehead atoms. The Morgan fingerprint density at radius 1 is 0.654 bits per heavy atom. The lowest BCUT2D eigenvalue weighted by molar-refractivity contribution is 0.105. The van der Waals surface area contributed by atoms with E-state index in [0.29, 0.717) is 0 Å². The van der Waals surface area contributed by atoms with Crippen LogP contribution in [-0.4, -0.2) is 12.9 Å². The summed E-state index contributed by atoms with van der Waals surface area (Å²) in [5, 5.41) is 0. The molecule has 128 valence electrons. The van der Waals surface area contributed by atoms with Gasteiger partial charge in [0.05, 0.1) is 7.11 Å². The van der Waals surface area contributed by atoms with Gasteiger partial charge in [-0.3, -0.25) is 4.79 Å². The minimum atomic E-state index is 0.0840. The van der Waals surface area contributed by atoms with Crippen LogP contribution in [0.4, 0.5) is 0 Å². The summed E-state index contributed by atoms with van der Waals surface area (Å²) >= 11 is 0. The molecule has 0 aromatic heterocycles. The zero-order valence-corrected chi connectivity index (χ0v) is 15.2. The molecule has 0 atom stereocenters. The Hall–Kier alpha value is -3.13. The minimum Gasteiger partial charge on any atom is -0.497 e. The van der Waals surface area contributed by atoms with Gasteiger partial charge in [-0.2, -0.15) is 0 Å². The van der Waals surface area contributed by atoms with Crippen LogP contribution >= 0.6 is 0 Å². The van der Waals surface area contributed by atoms with Gasteiger partial charge in [0.2, 0.25) is 0 Å². The topological polar surface area (TPSA) is 26.3 Å². The SMILES string of the molecule is COc1ccc(C2=C(c3ccc(C)cc3)c3cc(C)ccc3C2=O)cc1. The number of benzene rings is 3. The van der Waals surface area contributed by atoms with E-state index < -0.39 is 0 Å². The Balaban J connectivity index is 1.98. The lowest BCUT2D eigenvalue weighted by atomic mass is 9.93. The summed E-state index contributed by atoms with van der Waals surface area (Å²) in [6.07, 6.45) is 0. The second kappa shape index (κ2) is 6.30. The summed E-state index contributed by atoms with van der Waals surface area (Å²) in [4.78, 5) is 13.2. The van der Waals surface area contributed by atoms with Crippen molar-refractivity contribution in [3.8, 4) is 5.75 Å². The normalized spacial score (nSPS) is 13.1. The van der Waals surface area contributed by atoms with Crippen LogP contribution in [0.5, 0.6) is 5.75 Å². The van der Waals surface area contributed by atoms with E-state index in [4.69, 9.17) is 4.74 Å². The average Bonchev–Trinajstić information content (AvgIpc) is 2.94. The molecular weight excluding hydrogens is 320 g/mol. The Kier molecular flexibility index (Phi) is 3.96. The zero-order chi connectivity index (χ0) is 18.3. The van der Waals surface area contributed by atoms with Crippen LogP contribution in [0.3, 0.4) is 0 Å². The Bertz CT molecular complexity index is 1020. The summed E-state index contributed by atoms with van der Waals surface area (Å²) in [6.45, 7) is 4.13. The van der Waals surface area contributed by atoms with Crippen LogP contribution in [0.2, 0.25) is 0 Å². The number of ether oxygens (including phenoxy) is 1. The van der Waals surface area contributed by atoms with Crippen molar-refractivity contribution in [2.75, 3.05) is 7.11 Å². The highest BCUT2D eigenvalue weighted by Gasteiger charge is 2.31. The Morgan fingerprint density at radius 3 is 1.88 bits per heavy atom. The van der Waals surface area contributed by atoms with Gasteiger partial charge in [0, 0.05) is 16.7 Å². The van der Waals surface area contributed by atoms with Crippen LogP contribution in [0.25, 0.3) is 11.1 Å². The van der Waals surface area contributed by atoms with Crippen LogP contribution < -0.4 is 4.74 Å². The van der Waals surface area contributed by atoms with E-state index in [2.05, 4.69) is 44.2 Å². The lowest BCUT2D eigenvalue weighted by Crippen LogP contribution is -1.98. The Labute approximate surface area is 153 Å². The third-order valence-corrected chi connectivity index (χ3v) is 4.89. The molecule has 0 radical (unpaired) electrons. The van der Waals surface area contributed by atoms with Crippen LogP contribution in [0.1, 0.15) is 38.2 Å². The van der Waals surface area contributed by atoms with Gasteiger partial charge in [-0.25, -0.2) is 0 Å². The second-order valence-electron chi connectivity index (χ2n) is 6.72. The molecule has 0 heterocycles. The van der Waals surface area contributed by atoms with E-state index >= 15 is 0 Å². The molecule has 0 saturated carbocycles. The van der Waals surface area contributed by atoms with Crippen molar-refractivity contribution in [1.29, 1.82) is 0 Å². The van der Waals surface area contributed by atoms with Crippen molar-refractivity contribution in [2.24, 2.45) is 0 Å². The summed E-state index contributed by atoms with van der Waals surface area (Å²) in [7, 11) is 1.64. The van der Waals surface area contributed by atoms with Gasteiger partial charge < -0.3 is 4.74 Å². The molecule has 0 amide bonds. The molecule has 0 saturated heterocycles. The first kappa shape index (κ1) is 16.3. The smallest absolute Gasteiger partial charge is 0.194 e. The summed E-state index contributed by atoms with van der Waals surface area (Å²) in [5.74, 6) is 0.866. The van der Waals surface area contributed by atoms with Crippen molar-refractivity contribution >= 4 is 16.9 Å². The standard InChI is InChI=1S/C24H20O2/c1-15-4-7-17(8-5-15)22-21-14-16(2)6-13-20(21)24(25)23(22)18-9-11-19(26-3)12-10-18/h4-14H,1-3H3. The molecule has 1 aliphatic carbocycles. The summed E-state index contributed by atoms with van der Waals surface area (Å²) in [6, 6.07) is 22.1. The number of hydrogen-bond donors (Lipinski definition) is 0. The molecule has 1 aliphatic rings. The number of Topliss-reactive ketones (excluding diaryl/α,β-unsaturated/α-hetero) is 1. The quantitative estimate of drug-likeness (QED) is 0.632. The molecule has 3 aromatic rings. The van der Waals surface area contributed by atoms with Gasteiger partial charge in [-0.15, -0.1) is 0 Å². The first-order valence-electron chi connectivity index (χ1n) is 8.70. The fourth-order valence-electron chi connectivity index (χ4n) is 3.50. The number of ketones is 1. The molecule has 0 unspecified atom stereocenters. The maximum absolute atomic E-state index is 13.2. The number of aryl methyl sites for hydroxylation is 2. The molecule has 3 aromatic carbocycles. The first-order valence-corrected chi connectivity index (χ1v) is 8.70. The highest BCUT2D eigenvalue weighted by atomic mass is 16.5. The molecular formula is C24H20O2. The van der Waals surface area contributed by atoms with Gasteiger partial charge in [-0.1, -0.05) is 65.7 Å². The number of methoxy groups -OCH3 is 1. The second-order valence-corrected chi connectivity index (χ2v) is 6.72. The highest BCUT2D eigenvalue weighted by molar-refractivity contribution is 6.41. The van der Waals surface area contributed by atoms with E-state index in [1.165, 1.54) is 5.56 Å².